The number of amides is 2. The van der Waals surface area contributed by atoms with Gasteiger partial charge in [-0.1, -0.05) is 30.3 Å². The van der Waals surface area contributed by atoms with Gasteiger partial charge in [0, 0.05) is 18.7 Å². The van der Waals surface area contributed by atoms with E-state index in [0.29, 0.717) is 29.4 Å². The second-order valence-electron chi connectivity index (χ2n) is 8.24. The van der Waals surface area contributed by atoms with E-state index >= 15 is 0 Å². The second-order valence-corrected chi connectivity index (χ2v) is 8.24. The fraction of sp³-hybridized carbons (Fsp3) is 0.259. The average Bonchev–Trinajstić information content (AvgIpc) is 3.46. The van der Waals surface area contributed by atoms with E-state index in [1.54, 1.807) is 17.0 Å². The van der Waals surface area contributed by atoms with Crippen LogP contribution >= 0.6 is 0 Å². The van der Waals surface area contributed by atoms with Gasteiger partial charge in [-0.3, -0.25) is 9.59 Å². The summed E-state index contributed by atoms with van der Waals surface area (Å²) in [5.41, 5.74) is 2.32. The Morgan fingerprint density at radius 2 is 1.76 bits per heavy atom. The van der Waals surface area contributed by atoms with Crippen LogP contribution in [0.15, 0.2) is 71.7 Å². The van der Waals surface area contributed by atoms with Crippen LogP contribution in [0.2, 0.25) is 0 Å². The van der Waals surface area contributed by atoms with E-state index in [-0.39, 0.29) is 38.2 Å². The molecule has 2 amide bonds. The molecule has 2 heterocycles. The van der Waals surface area contributed by atoms with Crippen molar-refractivity contribution in [3.63, 3.8) is 0 Å². The van der Waals surface area contributed by atoms with Crippen LogP contribution in [-0.4, -0.2) is 41.5 Å². The Morgan fingerprint density at radius 1 is 0.971 bits per heavy atom. The number of fused-ring (bicyclic) bond motifs is 1. The standard InChI is InChI=1S/C27H28N2O5/c1-4-13-28(27(31)23-8-6-5-7-19(23)2)17-26(30)29(16-22-11-9-20(3)34-22)15-21-10-12-24-25(14-21)33-18-32-24/h4-12,14H,1,13,15-18H2,2-3H3. The normalized spacial score (nSPS) is 11.8. The maximum Gasteiger partial charge on any atom is 0.254 e. The molecule has 0 N–H and O–H groups in total. The minimum Gasteiger partial charge on any atom is -0.464 e. The molecule has 0 saturated heterocycles. The third-order valence-electron chi connectivity index (χ3n) is 5.64. The second kappa shape index (κ2) is 10.3. The molecular weight excluding hydrogens is 432 g/mol. The van der Waals surface area contributed by atoms with Crippen molar-refractivity contribution in [2.45, 2.75) is 26.9 Å². The van der Waals surface area contributed by atoms with Crippen LogP contribution in [-0.2, 0) is 17.9 Å². The molecule has 4 rings (SSSR count). The van der Waals surface area contributed by atoms with Crippen LogP contribution in [0.25, 0.3) is 0 Å². The lowest BCUT2D eigenvalue weighted by Gasteiger charge is -2.27. The number of ether oxygens (including phenoxy) is 2. The van der Waals surface area contributed by atoms with Crippen molar-refractivity contribution < 1.29 is 23.5 Å². The predicted octanol–water partition coefficient (Wildman–Crippen LogP) is 4.48. The summed E-state index contributed by atoms with van der Waals surface area (Å²) < 4.78 is 16.6. The average molecular weight is 461 g/mol. The van der Waals surface area contributed by atoms with Crippen LogP contribution in [0.1, 0.15) is 33.0 Å². The van der Waals surface area contributed by atoms with Gasteiger partial charge in [0.1, 0.15) is 18.1 Å². The number of hydrogen-bond donors (Lipinski definition) is 0. The van der Waals surface area contributed by atoms with Gasteiger partial charge in [-0.2, -0.15) is 0 Å². The van der Waals surface area contributed by atoms with Crippen LogP contribution < -0.4 is 9.47 Å². The molecule has 1 aliphatic rings. The zero-order valence-electron chi connectivity index (χ0n) is 19.5. The molecule has 3 aromatic rings. The molecule has 1 aromatic heterocycles. The lowest BCUT2D eigenvalue weighted by molar-refractivity contribution is -0.133. The molecule has 34 heavy (non-hydrogen) atoms. The Kier molecular flexibility index (Phi) is 7.01. The third kappa shape index (κ3) is 5.31. The lowest BCUT2D eigenvalue weighted by Crippen LogP contribution is -2.42. The number of hydrogen-bond acceptors (Lipinski definition) is 5. The molecule has 7 nitrogen and oxygen atoms in total. The number of nitrogens with zero attached hydrogens (tertiary/aromatic N) is 2. The highest BCUT2D eigenvalue weighted by molar-refractivity contribution is 5.97. The topological polar surface area (TPSA) is 72.2 Å². The van der Waals surface area contributed by atoms with Gasteiger partial charge in [-0.25, -0.2) is 0 Å². The maximum atomic E-state index is 13.5. The monoisotopic (exact) mass is 460 g/mol. The van der Waals surface area contributed by atoms with Crippen molar-refractivity contribution in [2.24, 2.45) is 0 Å². The molecule has 7 heteroatoms. The summed E-state index contributed by atoms with van der Waals surface area (Å²) in [6.07, 6.45) is 1.63. The predicted molar refractivity (Wildman–Crippen MR) is 128 cm³/mol. The molecule has 0 saturated carbocycles. The highest BCUT2D eigenvalue weighted by Crippen LogP contribution is 2.33. The molecule has 0 spiro atoms. The van der Waals surface area contributed by atoms with Crippen LogP contribution in [0.3, 0.4) is 0 Å². The fourth-order valence-electron chi connectivity index (χ4n) is 3.87. The summed E-state index contributed by atoms with van der Waals surface area (Å²) in [6.45, 7) is 8.48. The van der Waals surface area contributed by atoms with E-state index in [0.717, 1.165) is 16.9 Å². The molecule has 0 unspecified atom stereocenters. The minimum atomic E-state index is -0.205. The number of carbonyl (C=O) groups is 2. The number of furan rings is 1. The van der Waals surface area contributed by atoms with Gasteiger partial charge in [0.25, 0.3) is 5.91 Å². The Morgan fingerprint density at radius 3 is 2.50 bits per heavy atom. The Bertz CT molecular complexity index is 1200. The Hall–Kier alpha value is -4.00. The largest absolute Gasteiger partial charge is 0.464 e. The molecule has 0 aliphatic carbocycles. The molecule has 0 atom stereocenters. The molecule has 0 radical (unpaired) electrons. The summed E-state index contributed by atoms with van der Waals surface area (Å²) >= 11 is 0. The van der Waals surface area contributed by atoms with Crippen molar-refractivity contribution in [3.05, 3.63) is 95.5 Å². The van der Waals surface area contributed by atoms with Gasteiger partial charge < -0.3 is 23.7 Å². The number of benzene rings is 2. The van der Waals surface area contributed by atoms with E-state index in [4.69, 9.17) is 13.9 Å². The van der Waals surface area contributed by atoms with Gasteiger partial charge in [0.05, 0.1) is 6.54 Å². The summed E-state index contributed by atoms with van der Waals surface area (Å²) in [4.78, 5) is 29.9. The Balaban J connectivity index is 1.56. The van der Waals surface area contributed by atoms with Crippen LogP contribution in [0.4, 0.5) is 0 Å². The Labute approximate surface area is 199 Å². The molecule has 0 bridgehead atoms. The van der Waals surface area contributed by atoms with Crippen molar-refractivity contribution in [3.8, 4) is 11.5 Å². The third-order valence-corrected chi connectivity index (χ3v) is 5.64. The van der Waals surface area contributed by atoms with E-state index in [1.165, 1.54) is 4.90 Å². The van der Waals surface area contributed by atoms with Gasteiger partial charge >= 0.3 is 0 Å². The highest BCUT2D eigenvalue weighted by Gasteiger charge is 2.24. The molecular formula is C27H28N2O5. The number of rotatable bonds is 9. The smallest absolute Gasteiger partial charge is 0.254 e. The van der Waals surface area contributed by atoms with Gasteiger partial charge in [0.2, 0.25) is 12.7 Å². The number of carbonyl (C=O) groups excluding carboxylic acids is 2. The zero-order chi connectivity index (χ0) is 24.1. The first kappa shape index (κ1) is 23.2. The van der Waals surface area contributed by atoms with Crippen molar-refractivity contribution in [1.82, 2.24) is 9.80 Å². The lowest BCUT2D eigenvalue weighted by atomic mass is 10.1. The quantitative estimate of drug-likeness (QED) is 0.440. The van der Waals surface area contributed by atoms with Gasteiger partial charge in [0.15, 0.2) is 11.5 Å². The maximum absolute atomic E-state index is 13.5. The number of aryl methyl sites for hydroxylation is 2. The summed E-state index contributed by atoms with van der Waals surface area (Å²) in [5, 5.41) is 0. The van der Waals surface area contributed by atoms with Crippen molar-refractivity contribution in [1.29, 1.82) is 0 Å². The SMILES string of the molecule is C=CCN(CC(=O)N(Cc1ccc2c(c1)OCO2)Cc1ccc(C)o1)C(=O)c1ccccc1C. The first-order valence-electron chi connectivity index (χ1n) is 11.1. The van der Waals surface area contributed by atoms with Gasteiger partial charge in [-0.15, -0.1) is 6.58 Å². The molecule has 176 valence electrons. The molecule has 2 aromatic carbocycles. The fourth-order valence-corrected chi connectivity index (χ4v) is 3.87. The van der Waals surface area contributed by atoms with Gasteiger partial charge in [-0.05, 0) is 55.3 Å². The van der Waals surface area contributed by atoms with Crippen LogP contribution in [0.5, 0.6) is 11.5 Å². The minimum absolute atomic E-state index is 0.0799. The summed E-state index contributed by atoms with van der Waals surface area (Å²) in [7, 11) is 0. The summed E-state index contributed by atoms with van der Waals surface area (Å²) in [6, 6.07) is 16.7. The molecule has 0 fully saturated rings. The van der Waals surface area contributed by atoms with Crippen LogP contribution in [0, 0.1) is 13.8 Å². The van der Waals surface area contributed by atoms with E-state index < -0.39 is 0 Å². The first-order valence-corrected chi connectivity index (χ1v) is 11.1. The van der Waals surface area contributed by atoms with Crippen molar-refractivity contribution in [2.75, 3.05) is 19.9 Å². The molecule has 1 aliphatic heterocycles. The van der Waals surface area contributed by atoms with E-state index in [2.05, 4.69) is 6.58 Å². The van der Waals surface area contributed by atoms with Crippen molar-refractivity contribution >= 4 is 11.8 Å². The zero-order valence-corrected chi connectivity index (χ0v) is 19.5. The van der Waals surface area contributed by atoms with E-state index in [1.807, 2.05) is 62.4 Å². The van der Waals surface area contributed by atoms with E-state index in [9.17, 15) is 9.59 Å². The first-order chi connectivity index (χ1) is 16.4. The highest BCUT2D eigenvalue weighted by atomic mass is 16.7. The summed E-state index contributed by atoms with van der Waals surface area (Å²) in [5.74, 6) is 2.38.